The maximum atomic E-state index is 2.49. The molecule has 1 nitrogen and oxygen atoms in total. The molecule has 17 heavy (non-hydrogen) atoms. The van der Waals surface area contributed by atoms with E-state index in [2.05, 4.69) is 50.1 Å². The Morgan fingerprint density at radius 1 is 1.35 bits per heavy atom. The molecule has 1 aliphatic heterocycles. The van der Waals surface area contributed by atoms with Crippen molar-refractivity contribution in [2.24, 2.45) is 5.92 Å². The number of nitrogens with zero attached hydrogens (tertiary/aromatic N) is 1. The third kappa shape index (κ3) is 3.49. The van der Waals surface area contributed by atoms with Crippen LogP contribution in [0.1, 0.15) is 31.7 Å². The van der Waals surface area contributed by atoms with E-state index in [0.29, 0.717) is 0 Å². The fraction of sp³-hybridized carbons (Fsp3) is 0.600. The minimum atomic E-state index is 0.730. The van der Waals surface area contributed by atoms with Gasteiger partial charge in [0.2, 0.25) is 0 Å². The normalized spacial score (nSPS) is 19.0. The summed E-state index contributed by atoms with van der Waals surface area (Å²) in [4.78, 5) is 3.99. The summed E-state index contributed by atoms with van der Waals surface area (Å²) in [6.45, 7) is 7.03. The first-order valence-corrected chi connectivity index (χ1v) is 7.55. The van der Waals surface area contributed by atoms with Crippen molar-refractivity contribution < 1.29 is 0 Å². The van der Waals surface area contributed by atoms with Crippen LogP contribution in [0.25, 0.3) is 0 Å². The summed E-state index contributed by atoms with van der Waals surface area (Å²) in [5.74, 6) is 2.79. The van der Waals surface area contributed by atoms with Gasteiger partial charge in [-0.3, -0.25) is 0 Å². The number of rotatable bonds is 5. The molecule has 0 saturated heterocycles. The van der Waals surface area contributed by atoms with Crippen molar-refractivity contribution in [3.8, 4) is 0 Å². The predicted molar refractivity (Wildman–Crippen MR) is 76.9 cm³/mol. The second-order valence-corrected chi connectivity index (χ2v) is 6.55. The van der Waals surface area contributed by atoms with Crippen molar-refractivity contribution in [3.63, 3.8) is 0 Å². The van der Waals surface area contributed by atoms with Gasteiger partial charge in [-0.05, 0) is 37.6 Å². The zero-order valence-corrected chi connectivity index (χ0v) is 12.0. The Hall–Kier alpha value is -0.470. The van der Waals surface area contributed by atoms with Crippen LogP contribution in [0.5, 0.6) is 0 Å². The highest BCUT2D eigenvalue weighted by Crippen LogP contribution is 2.39. The van der Waals surface area contributed by atoms with Crippen molar-refractivity contribution >= 4 is 11.8 Å². The Labute approximate surface area is 110 Å². The summed E-state index contributed by atoms with van der Waals surface area (Å²) in [5, 5.41) is 0. The highest BCUT2D eigenvalue weighted by molar-refractivity contribution is 7.99. The van der Waals surface area contributed by atoms with Crippen LogP contribution in [0.15, 0.2) is 29.2 Å². The van der Waals surface area contributed by atoms with E-state index in [1.165, 1.54) is 30.2 Å². The average molecular weight is 249 g/mol. The van der Waals surface area contributed by atoms with Crippen LogP contribution in [-0.2, 0) is 0 Å². The monoisotopic (exact) mass is 249 g/mol. The second-order valence-electron chi connectivity index (χ2n) is 5.49. The number of fused-ring (bicyclic) bond motifs is 1. The second kappa shape index (κ2) is 5.92. The lowest BCUT2D eigenvalue weighted by Gasteiger charge is -2.22. The predicted octanol–water partition coefficient (Wildman–Crippen LogP) is 3.85. The maximum Gasteiger partial charge on any atom is 0.0108 e. The van der Waals surface area contributed by atoms with Crippen molar-refractivity contribution in [3.05, 3.63) is 29.8 Å². The van der Waals surface area contributed by atoms with Gasteiger partial charge in [0.1, 0.15) is 0 Å². The Bertz CT molecular complexity index is 362. The Morgan fingerprint density at radius 2 is 2.12 bits per heavy atom. The van der Waals surface area contributed by atoms with E-state index in [-0.39, 0.29) is 0 Å². The van der Waals surface area contributed by atoms with E-state index in [0.717, 1.165) is 11.8 Å². The van der Waals surface area contributed by atoms with Gasteiger partial charge in [-0.1, -0.05) is 32.0 Å². The SMILES string of the molecule is CC(C)CCN(C)CC1CSc2ccccc21. The largest absolute Gasteiger partial charge is 0.306 e. The lowest BCUT2D eigenvalue weighted by atomic mass is 10.0. The summed E-state index contributed by atoms with van der Waals surface area (Å²) in [5.41, 5.74) is 1.56. The molecule has 0 spiro atoms. The van der Waals surface area contributed by atoms with Crippen LogP contribution in [0.4, 0.5) is 0 Å². The van der Waals surface area contributed by atoms with Crippen molar-refractivity contribution in [1.29, 1.82) is 0 Å². The highest BCUT2D eigenvalue weighted by atomic mass is 32.2. The van der Waals surface area contributed by atoms with Gasteiger partial charge < -0.3 is 4.90 Å². The molecule has 0 fully saturated rings. The quantitative estimate of drug-likeness (QED) is 0.779. The van der Waals surface area contributed by atoms with Crippen molar-refractivity contribution in [2.45, 2.75) is 31.1 Å². The first-order valence-electron chi connectivity index (χ1n) is 6.57. The third-order valence-corrected chi connectivity index (χ3v) is 4.67. The molecule has 1 heterocycles. The van der Waals surface area contributed by atoms with Crippen molar-refractivity contribution in [2.75, 3.05) is 25.9 Å². The Kier molecular flexibility index (Phi) is 4.52. The van der Waals surface area contributed by atoms with Crippen LogP contribution in [0.3, 0.4) is 0 Å². The van der Waals surface area contributed by atoms with Gasteiger partial charge in [0.25, 0.3) is 0 Å². The molecule has 1 aromatic rings. The molecule has 94 valence electrons. The average Bonchev–Trinajstić information content (AvgIpc) is 2.70. The molecular weight excluding hydrogens is 226 g/mol. The fourth-order valence-corrected chi connectivity index (χ4v) is 3.57. The van der Waals surface area contributed by atoms with Crippen LogP contribution in [0.2, 0.25) is 0 Å². The van der Waals surface area contributed by atoms with Gasteiger partial charge >= 0.3 is 0 Å². The first kappa shape index (κ1) is 13.0. The lowest BCUT2D eigenvalue weighted by molar-refractivity contribution is 0.298. The number of benzene rings is 1. The number of thioether (sulfide) groups is 1. The van der Waals surface area contributed by atoms with Crippen LogP contribution in [-0.4, -0.2) is 30.8 Å². The number of hydrogen-bond donors (Lipinski definition) is 0. The van der Waals surface area contributed by atoms with Gasteiger partial charge in [0, 0.05) is 23.1 Å². The molecule has 0 aliphatic carbocycles. The summed E-state index contributed by atoms with van der Waals surface area (Å²) < 4.78 is 0. The van der Waals surface area contributed by atoms with Gasteiger partial charge in [-0.15, -0.1) is 11.8 Å². The summed E-state index contributed by atoms with van der Waals surface area (Å²) in [7, 11) is 2.26. The minimum Gasteiger partial charge on any atom is -0.306 e. The molecule has 0 saturated carbocycles. The molecule has 0 aromatic heterocycles. The van der Waals surface area contributed by atoms with Gasteiger partial charge in [-0.25, -0.2) is 0 Å². The maximum absolute atomic E-state index is 2.49. The van der Waals surface area contributed by atoms with E-state index in [1.807, 2.05) is 11.8 Å². The van der Waals surface area contributed by atoms with Crippen molar-refractivity contribution in [1.82, 2.24) is 4.90 Å². The smallest absolute Gasteiger partial charge is 0.0108 e. The van der Waals surface area contributed by atoms with E-state index in [9.17, 15) is 0 Å². The van der Waals surface area contributed by atoms with Gasteiger partial charge in [0.15, 0.2) is 0 Å². The summed E-state index contributed by atoms with van der Waals surface area (Å²) in [6, 6.07) is 8.88. The fourth-order valence-electron chi connectivity index (χ4n) is 2.33. The summed E-state index contributed by atoms with van der Waals surface area (Å²) in [6.07, 6.45) is 1.30. The van der Waals surface area contributed by atoms with E-state index in [4.69, 9.17) is 0 Å². The lowest BCUT2D eigenvalue weighted by Crippen LogP contribution is -2.26. The molecule has 1 atom stereocenters. The van der Waals surface area contributed by atoms with Crippen LogP contribution >= 0.6 is 11.8 Å². The van der Waals surface area contributed by atoms with E-state index in [1.54, 1.807) is 5.56 Å². The minimum absolute atomic E-state index is 0.730. The zero-order valence-electron chi connectivity index (χ0n) is 11.1. The standard InChI is InChI=1S/C15H23NS/c1-12(2)8-9-16(3)10-13-11-17-15-7-5-4-6-14(13)15/h4-7,12-13H,8-11H2,1-3H3. The van der Waals surface area contributed by atoms with E-state index < -0.39 is 0 Å². The molecule has 1 unspecified atom stereocenters. The molecule has 0 amide bonds. The zero-order chi connectivity index (χ0) is 12.3. The molecule has 0 radical (unpaired) electrons. The van der Waals surface area contributed by atoms with Gasteiger partial charge in [-0.2, -0.15) is 0 Å². The Balaban J connectivity index is 1.88. The highest BCUT2D eigenvalue weighted by Gasteiger charge is 2.23. The third-order valence-electron chi connectivity index (χ3n) is 3.42. The molecule has 0 N–H and O–H groups in total. The van der Waals surface area contributed by atoms with E-state index >= 15 is 0 Å². The molecule has 2 rings (SSSR count). The molecule has 1 aliphatic rings. The number of likely N-dealkylation sites (N-methyl/N-ethyl adjacent to an activating group) is 1. The van der Waals surface area contributed by atoms with Crippen LogP contribution in [0, 0.1) is 5.92 Å². The topological polar surface area (TPSA) is 3.24 Å². The molecular formula is C15H23NS. The first-order chi connectivity index (χ1) is 8.16. The molecule has 2 heteroatoms. The molecule has 1 aromatic carbocycles. The summed E-state index contributed by atoms with van der Waals surface area (Å²) >= 11 is 2.02. The number of hydrogen-bond acceptors (Lipinski definition) is 2. The molecule has 0 bridgehead atoms. The van der Waals surface area contributed by atoms with Gasteiger partial charge in [0.05, 0.1) is 0 Å². The van der Waals surface area contributed by atoms with Crippen LogP contribution < -0.4 is 0 Å². The Morgan fingerprint density at radius 3 is 2.88 bits per heavy atom.